The Morgan fingerprint density at radius 1 is 0.958 bits per heavy atom. The van der Waals surface area contributed by atoms with Gasteiger partial charge in [0.25, 0.3) is 10.0 Å². The smallest absolute Gasteiger partial charge is 0.338 e. The molecule has 0 radical (unpaired) electrons. The predicted molar refractivity (Wildman–Crippen MR) is 92.9 cm³/mol. The number of aromatic carboxylic acids is 1. The molecule has 2 N–H and O–H groups in total. The highest BCUT2D eigenvalue weighted by molar-refractivity contribution is 7.92. The Labute approximate surface area is 139 Å². The van der Waals surface area contributed by atoms with E-state index in [9.17, 15) is 18.3 Å². The number of carbonyl (C=O) groups is 1. The third kappa shape index (κ3) is 2.96. The summed E-state index contributed by atoms with van der Waals surface area (Å²) >= 11 is 0. The van der Waals surface area contributed by atoms with Gasteiger partial charge in [0.2, 0.25) is 0 Å². The van der Waals surface area contributed by atoms with Crippen molar-refractivity contribution in [3.8, 4) is 0 Å². The van der Waals surface area contributed by atoms with Crippen LogP contribution in [0.5, 0.6) is 0 Å². The molecule has 0 heterocycles. The van der Waals surface area contributed by atoms with Crippen LogP contribution in [0.1, 0.15) is 15.9 Å². The van der Waals surface area contributed by atoms with Crippen molar-refractivity contribution in [2.24, 2.45) is 0 Å². The van der Waals surface area contributed by atoms with Crippen molar-refractivity contribution in [2.45, 2.75) is 11.8 Å². The molecule has 0 saturated heterocycles. The average molecular weight is 341 g/mol. The largest absolute Gasteiger partial charge is 0.478 e. The van der Waals surface area contributed by atoms with Crippen molar-refractivity contribution in [2.75, 3.05) is 4.72 Å². The third-order valence-corrected chi connectivity index (χ3v) is 5.10. The topological polar surface area (TPSA) is 83.5 Å². The highest BCUT2D eigenvalue weighted by Crippen LogP contribution is 2.28. The number of carboxylic acids is 1. The van der Waals surface area contributed by atoms with Gasteiger partial charge < -0.3 is 5.11 Å². The molecule has 122 valence electrons. The summed E-state index contributed by atoms with van der Waals surface area (Å²) in [7, 11) is -3.87. The molecule has 0 saturated carbocycles. The monoisotopic (exact) mass is 341 g/mol. The molecule has 6 heteroatoms. The highest BCUT2D eigenvalue weighted by Gasteiger charge is 2.20. The number of nitrogens with one attached hydrogen (secondary N) is 1. The molecule has 0 spiro atoms. The molecular formula is C18H15NO4S. The van der Waals surface area contributed by atoms with Gasteiger partial charge >= 0.3 is 5.97 Å². The molecule has 0 aliphatic rings. The van der Waals surface area contributed by atoms with Crippen LogP contribution in [0.3, 0.4) is 0 Å². The molecule has 3 rings (SSSR count). The van der Waals surface area contributed by atoms with Gasteiger partial charge in [0.1, 0.15) is 0 Å². The van der Waals surface area contributed by atoms with Gasteiger partial charge in [-0.2, -0.15) is 0 Å². The summed E-state index contributed by atoms with van der Waals surface area (Å²) in [6, 6.07) is 16.4. The lowest BCUT2D eigenvalue weighted by atomic mass is 10.0. The molecule has 0 aromatic heterocycles. The Balaban J connectivity index is 2.11. The van der Waals surface area contributed by atoms with Gasteiger partial charge in [-0.15, -0.1) is 0 Å². The Kier molecular flexibility index (Phi) is 3.99. The molecule has 0 fully saturated rings. The number of carboxylic acid groups (broad SMARTS) is 1. The first-order valence-corrected chi connectivity index (χ1v) is 8.71. The van der Waals surface area contributed by atoms with Crippen LogP contribution in [-0.4, -0.2) is 19.5 Å². The van der Waals surface area contributed by atoms with Gasteiger partial charge in [-0.25, -0.2) is 13.2 Å². The van der Waals surface area contributed by atoms with Gasteiger partial charge in [-0.05, 0) is 35.9 Å². The Morgan fingerprint density at radius 2 is 1.62 bits per heavy atom. The summed E-state index contributed by atoms with van der Waals surface area (Å²) < 4.78 is 27.4. The standard InChI is InChI=1S/C18H15NO4S/c1-12-6-9-14(10-7-12)24(22,23)19-16-11-8-13-4-2-3-5-15(13)17(16)18(20)21/h2-11,19H,1H3,(H,20,21). The average Bonchev–Trinajstić information content (AvgIpc) is 2.54. The molecular weight excluding hydrogens is 326 g/mol. The van der Waals surface area contributed by atoms with Crippen molar-refractivity contribution in [3.63, 3.8) is 0 Å². The second-order valence-electron chi connectivity index (χ2n) is 5.43. The molecule has 0 aliphatic carbocycles. The lowest BCUT2D eigenvalue weighted by Crippen LogP contribution is -2.15. The molecule has 3 aromatic carbocycles. The van der Waals surface area contributed by atoms with Gasteiger partial charge in [0.05, 0.1) is 16.1 Å². The summed E-state index contributed by atoms with van der Waals surface area (Å²) in [5.74, 6) is -1.19. The van der Waals surface area contributed by atoms with Gasteiger partial charge in [-0.3, -0.25) is 4.72 Å². The van der Waals surface area contributed by atoms with E-state index >= 15 is 0 Å². The van der Waals surface area contributed by atoms with E-state index in [1.807, 2.05) is 6.92 Å². The van der Waals surface area contributed by atoms with E-state index in [-0.39, 0.29) is 16.1 Å². The zero-order valence-corrected chi connectivity index (χ0v) is 13.7. The molecule has 0 atom stereocenters. The zero-order valence-electron chi connectivity index (χ0n) is 12.9. The lowest BCUT2D eigenvalue weighted by molar-refractivity contribution is 0.0700. The van der Waals surface area contributed by atoms with Gasteiger partial charge in [-0.1, -0.05) is 48.0 Å². The first-order chi connectivity index (χ1) is 11.4. The van der Waals surface area contributed by atoms with Crippen molar-refractivity contribution in [1.82, 2.24) is 0 Å². The predicted octanol–water partition coefficient (Wildman–Crippen LogP) is 3.65. The summed E-state index contributed by atoms with van der Waals surface area (Å²) in [5, 5.41) is 10.7. The number of sulfonamides is 1. The van der Waals surface area contributed by atoms with Crippen LogP contribution >= 0.6 is 0 Å². The van der Waals surface area contributed by atoms with Crippen LogP contribution < -0.4 is 4.72 Å². The minimum Gasteiger partial charge on any atom is -0.478 e. The van der Waals surface area contributed by atoms with Crippen LogP contribution in [0.4, 0.5) is 5.69 Å². The number of hydrogen-bond donors (Lipinski definition) is 2. The Morgan fingerprint density at radius 3 is 2.29 bits per heavy atom. The maximum absolute atomic E-state index is 12.5. The molecule has 0 aliphatic heterocycles. The fourth-order valence-electron chi connectivity index (χ4n) is 2.51. The first kappa shape index (κ1) is 16.0. The van der Waals surface area contributed by atoms with Crippen molar-refractivity contribution < 1.29 is 18.3 Å². The number of anilines is 1. The van der Waals surface area contributed by atoms with Crippen LogP contribution in [0.15, 0.2) is 65.6 Å². The maximum Gasteiger partial charge on any atom is 0.338 e. The molecule has 0 unspecified atom stereocenters. The van der Waals surface area contributed by atoms with E-state index in [0.29, 0.717) is 5.39 Å². The van der Waals surface area contributed by atoms with E-state index in [2.05, 4.69) is 4.72 Å². The highest BCUT2D eigenvalue weighted by atomic mass is 32.2. The summed E-state index contributed by atoms with van der Waals surface area (Å²) in [5.41, 5.74) is 0.913. The number of benzene rings is 3. The van der Waals surface area contributed by atoms with E-state index < -0.39 is 16.0 Å². The first-order valence-electron chi connectivity index (χ1n) is 7.23. The minimum absolute atomic E-state index is 0.0433. The lowest BCUT2D eigenvalue weighted by Gasteiger charge is -2.13. The van der Waals surface area contributed by atoms with Crippen molar-refractivity contribution >= 4 is 32.5 Å². The maximum atomic E-state index is 12.5. The summed E-state index contributed by atoms with van der Waals surface area (Å²) in [4.78, 5) is 11.7. The zero-order chi connectivity index (χ0) is 17.3. The molecule has 3 aromatic rings. The Hall–Kier alpha value is -2.86. The number of fused-ring (bicyclic) bond motifs is 1. The molecule has 0 bridgehead atoms. The van der Waals surface area contributed by atoms with Gasteiger partial charge in [0, 0.05) is 0 Å². The van der Waals surface area contributed by atoms with E-state index in [4.69, 9.17) is 0 Å². The number of hydrogen-bond acceptors (Lipinski definition) is 3. The normalized spacial score (nSPS) is 11.4. The van der Waals surface area contributed by atoms with E-state index in [1.165, 1.54) is 18.2 Å². The second-order valence-corrected chi connectivity index (χ2v) is 7.12. The summed E-state index contributed by atoms with van der Waals surface area (Å²) in [6.07, 6.45) is 0. The van der Waals surface area contributed by atoms with Crippen molar-refractivity contribution in [3.05, 3.63) is 71.8 Å². The fraction of sp³-hybridized carbons (Fsp3) is 0.0556. The fourth-order valence-corrected chi connectivity index (χ4v) is 3.58. The SMILES string of the molecule is Cc1ccc(S(=O)(=O)Nc2ccc3ccccc3c2C(=O)O)cc1. The van der Waals surface area contributed by atoms with Crippen LogP contribution in [0.25, 0.3) is 10.8 Å². The van der Waals surface area contributed by atoms with Gasteiger partial charge in [0.15, 0.2) is 0 Å². The van der Waals surface area contributed by atoms with E-state index in [1.54, 1.807) is 42.5 Å². The number of aryl methyl sites for hydroxylation is 1. The molecule has 0 amide bonds. The third-order valence-electron chi connectivity index (χ3n) is 3.72. The van der Waals surface area contributed by atoms with Crippen LogP contribution in [0, 0.1) is 6.92 Å². The van der Waals surface area contributed by atoms with Crippen LogP contribution in [0.2, 0.25) is 0 Å². The van der Waals surface area contributed by atoms with Crippen LogP contribution in [-0.2, 0) is 10.0 Å². The quantitative estimate of drug-likeness (QED) is 0.759. The Bertz CT molecular complexity index is 1020. The molecule has 24 heavy (non-hydrogen) atoms. The van der Waals surface area contributed by atoms with Crippen molar-refractivity contribution in [1.29, 1.82) is 0 Å². The second kappa shape index (κ2) is 5.98. The summed E-state index contributed by atoms with van der Waals surface area (Å²) in [6.45, 7) is 1.86. The minimum atomic E-state index is -3.87. The van der Waals surface area contributed by atoms with E-state index in [0.717, 1.165) is 10.9 Å². The number of rotatable bonds is 4. The molecule has 5 nitrogen and oxygen atoms in total.